The lowest BCUT2D eigenvalue weighted by molar-refractivity contribution is 0.251. The van der Waals surface area contributed by atoms with E-state index in [1.165, 1.54) is 5.56 Å². The fourth-order valence-electron chi connectivity index (χ4n) is 1.21. The number of aliphatic hydroxyl groups excluding tert-OH is 1. The summed E-state index contributed by atoms with van der Waals surface area (Å²) in [5.41, 5.74) is 1.17. The van der Waals surface area contributed by atoms with Crippen LogP contribution in [0.15, 0.2) is 12.4 Å². The maximum absolute atomic E-state index is 8.82. The highest BCUT2D eigenvalue weighted by Gasteiger charge is 2.01. The number of nitrogens with zero attached hydrogens (tertiary/aromatic N) is 2. The van der Waals surface area contributed by atoms with Gasteiger partial charge in [0.15, 0.2) is 0 Å². The summed E-state index contributed by atoms with van der Waals surface area (Å²) in [4.78, 5) is 0. The average molecular weight is 197 g/mol. The molecule has 0 saturated carbocycles. The van der Waals surface area contributed by atoms with E-state index >= 15 is 0 Å². The fourth-order valence-corrected chi connectivity index (χ4v) is 1.21. The number of aliphatic hydroxyl groups is 1. The first kappa shape index (κ1) is 11.2. The summed E-state index contributed by atoms with van der Waals surface area (Å²) in [6, 6.07) is 0.143. The van der Waals surface area contributed by atoms with Crippen molar-refractivity contribution in [2.75, 3.05) is 6.61 Å². The van der Waals surface area contributed by atoms with Gasteiger partial charge in [0.2, 0.25) is 0 Å². The van der Waals surface area contributed by atoms with E-state index in [-0.39, 0.29) is 12.6 Å². The van der Waals surface area contributed by atoms with E-state index in [9.17, 15) is 0 Å². The molecule has 4 nitrogen and oxygen atoms in total. The molecular weight excluding hydrogens is 178 g/mol. The molecule has 2 N–H and O–H groups in total. The van der Waals surface area contributed by atoms with Crippen LogP contribution < -0.4 is 5.32 Å². The molecule has 1 aromatic heterocycles. The molecule has 0 amide bonds. The molecule has 80 valence electrons. The largest absolute Gasteiger partial charge is 0.395 e. The maximum atomic E-state index is 8.82. The highest BCUT2D eigenvalue weighted by molar-refractivity contribution is 5.03. The van der Waals surface area contributed by atoms with Gasteiger partial charge in [-0.25, -0.2) is 0 Å². The van der Waals surface area contributed by atoms with Crippen LogP contribution in [0.4, 0.5) is 0 Å². The van der Waals surface area contributed by atoms with Gasteiger partial charge >= 0.3 is 0 Å². The number of hydrogen-bond acceptors (Lipinski definition) is 3. The van der Waals surface area contributed by atoms with Crippen LogP contribution in [0.1, 0.15) is 25.8 Å². The van der Waals surface area contributed by atoms with Gasteiger partial charge in [0.1, 0.15) is 0 Å². The second-order valence-electron chi connectivity index (χ2n) is 3.58. The lowest BCUT2D eigenvalue weighted by Gasteiger charge is -2.08. The molecule has 0 unspecified atom stereocenters. The third-order valence-corrected chi connectivity index (χ3v) is 2.07. The van der Waals surface area contributed by atoms with Crippen LogP contribution in [0.2, 0.25) is 0 Å². The van der Waals surface area contributed by atoms with Gasteiger partial charge in [-0.3, -0.25) is 4.68 Å². The molecule has 0 fully saturated rings. The van der Waals surface area contributed by atoms with E-state index in [2.05, 4.69) is 17.3 Å². The van der Waals surface area contributed by atoms with E-state index in [1.54, 1.807) is 0 Å². The first-order chi connectivity index (χ1) is 6.76. The second kappa shape index (κ2) is 5.78. The van der Waals surface area contributed by atoms with E-state index in [4.69, 9.17) is 5.11 Å². The summed E-state index contributed by atoms with van der Waals surface area (Å²) in [6.45, 7) is 5.99. The Hall–Kier alpha value is -0.870. The van der Waals surface area contributed by atoms with Gasteiger partial charge in [0, 0.05) is 30.9 Å². The Morgan fingerprint density at radius 2 is 2.43 bits per heavy atom. The van der Waals surface area contributed by atoms with Crippen molar-refractivity contribution in [2.45, 2.75) is 39.4 Å². The first-order valence-electron chi connectivity index (χ1n) is 5.11. The summed E-state index contributed by atoms with van der Waals surface area (Å²) in [5, 5.41) is 16.2. The van der Waals surface area contributed by atoms with Crippen LogP contribution in [0.25, 0.3) is 0 Å². The molecule has 0 aromatic carbocycles. The molecule has 0 spiro atoms. The minimum atomic E-state index is 0.143. The van der Waals surface area contributed by atoms with E-state index < -0.39 is 0 Å². The maximum Gasteiger partial charge on any atom is 0.0582 e. The van der Waals surface area contributed by atoms with Crippen molar-refractivity contribution >= 4 is 0 Å². The van der Waals surface area contributed by atoms with Crippen LogP contribution in [0, 0.1) is 0 Å². The summed E-state index contributed by atoms with van der Waals surface area (Å²) in [7, 11) is 0. The normalized spacial score (nSPS) is 13.1. The van der Waals surface area contributed by atoms with Crippen molar-refractivity contribution < 1.29 is 5.11 Å². The van der Waals surface area contributed by atoms with E-state index in [0.717, 1.165) is 19.5 Å². The molecule has 1 heterocycles. The highest BCUT2D eigenvalue weighted by atomic mass is 16.3. The number of rotatable bonds is 6. The molecule has 14 heavy (non-hydrogen) atoms. The highest BCUT2D eigenvalue weighted by Crippen LogP contribution is 1.98. The summed E-state index contributed by atoms with van der Waals surface area (Å²) in [6.07, 6.45) is 5.01. The Labute approximate surface area is 84.9 Å². The van der Waals surface area contributed by atoms with Gasteiger partial charge in [0.05, 0.1) is 12.8 Å². The Morgan fingerprint density at radius 3 is 3.07 bits per heavy atom. The van der Waals surface area contributed by atoms with Gasteiger partial charge < -0.3 is 10.4 Å². The van der Waals surface area contributed by atoms with Crippen molar-refractivity contribution in [3.05, 3.63) is 18.0 Å². The van der Waals surface area contributed by atoms with Crippen molar-refractivity contribution in [1.82, 2.24) is 15.1 Å². The smallest absolute Gasteiger partial charge is 0.0582 e. The van der Waals surface area contributed by atoms with E-state index in [1.807, 2.05) is 24.0 Å². The van der Waals surface area contributed by atoms with Crippen LogP contribution >= 0.6 is 0 Å². The number of aryl methyl sites for hydroxylation is 1. The van der Waals surface area contributed by atoms with Gasteiger partial charge in [-0.15, -0.1) is 0 Å². The van der Waals surface area contributed by atoms with Gasteiger partial charge in [-0.2, -0.15) is 5.10 Å². The number of hydrogen-bond donors (Lipinski definition) is 2. The van der Waals surface area contributed by atoms with Crippen LogP contribution in [0.3, 0.4) is 0 Å². The van der Waals surface area contributed by atoms with Crippen molar-refractivity contribution in [3.8, 4) is 0 Å². The molecule has 0 aliphatic carbocycles. The Morgan fingerprint density at radius 1 is 1.64 bits per heavy atom. The number of nitrogens with one attached hydrogen (secondary N) is 1. The van der Waals surface area contributed by atoms with Crippen LogP contribution in [0.5, 0.6) is 0 Å². The van der Waals surface area contributed by atoms with E-state index in [0.29, 0.717) is 0 Å². The zero-order valence-corrected chi connectivity index (χ0v) is 8.90. The Kier molecular flexibility index (Phi) is 4.62. The van der Waals surface area contributed by atoms with Crippen LogP contribution in [-0.2, 0) is 13.1 Å². The van der Waals surface area contributed by atoms with Gasteiger partial charge in [-0.05, 0) is 13.3 Å². The Bertz CT molecular complexity index is 260. The summed E-state index contributed by atoms with van der Waals surface area (Å²) >= 11 is 0. The molecule has 0 aliphatic heterocycles. The van der Waals surface area contributed by atoms with Gasteiger partial charge in [-0.1, -0.05) is 6.92 Å². The minimum Gasteiger partial charge on any atom is -0.395 e. The first-order valence-corrected chi connectivity index (χ1v) is 5.11. The lowest BCUT2D eigenvalue weighted by Crippen LogP contribution is -2.28. The van der Waals surface area contributed by atoms with Crippen molar-refractivity contribution in [3.63, 3.8) is 0 Å². The lowest BCUT2D eigenvalue weighted by atomic mass is 10.3. The minimum absolute atomic E-state index is 0.143. The molecule has 1 aromatic rings. The summed E-state index contributed by atoms with van der Waals surface area (Å²) in [5.74, 6) is 0. The molecule has 4 heteroatoms. The molecule has 0 radical (unpaired) electrons. The number of aromatic nitrogens is 2. The second-order valence-corrected chi connectivity index (χ2v) is 3.58. The van der Waals surface area contributed by atoms with Crippen molar-refractivity contribution in [1.29, 1.82) is 0 Å². The quantitative estimate of drug-likeness (QED) is 0.708. The molecule has 0 saturated heterocycles. The van der Waals surface area contributed by atoms with Gasteiger partial charge in [0.25, 0.3) is 0 Å². The zero-order valence-electron chi connectivity index (χ0n) is 8.90. The fraction of sp³-hybridized carbons (Fsp3) is 0.700. The molecular formula is C10H19N3O. The molecule has 0 aliphatic rings. The van der Waals surface area contributed by atoms with Crippen LogP contribution in [-0.4, -0.2) is 27.5 Å². The monoisotopic (exact) mass is 197 g/mol. The third-order valence-electron chi connectivity index (χ3n) is 2.07. The predicted octanol–water partition coefficient (Wildman–Crippen LogP) is 0.763. The topological polar surface area (TPSA) is 50.1 Å². The zero-order chi connectivity index (χ0) is 10.4. The SMILES string of the molecule is CCCn1cc(CN[C@H](C)CO)cn1. The van der Waals surface area contributed by atoms with Crippen molar-refractivity contribution in [2.24, 2.45) is 0 Å². The summed E-state index contributed by atoms with van der Waals surface area (Å²) < 4.78 is 1.95. The third kappa shape index (κ3) is 3.47. The Balaban J connectivity index is 2.35. The average Bonchev–Trinajstić information content (AvgIpc) is 2.63. The standard InChI is InChI=1S/C10H19N3O/c1-3-4-13-7-10(6-12-13)5-11-9(2)8-14/h6-7,9,11,14H,3-5,8H2,1-2H3/t9-/m1/s1. The molecule has 1 rings (SSSR count). The molecule has 1 atom stereocenters. The molecule has 0 bridgehead atoms. The predicted molar refractivity (Wildman–Crippen MR) is 55.9 cm³/mol.